The van der Waals surface area contributed by atoms with Crippen LogP contribution in [0.4, 0.5) is 0 Å². The molecule has 1 aromatic rings. The fraction of sp³-hybridized carbons (Fsp3) is 0.714. The lowest BCUT2D eigenvalue weighted by Gasteiger charge is -2.09. The summed E-state index contributed by atoms with van der Waals surface area (Å²) in [6.07, 6.45) is 3.47. The molecule has 1 aromatic heterocycles. The van der Waals surface area contributed by atoms with Crippen molar-refractivity contribution >= 4 is 0 Å². The molecule has 2 N–H and O–H groups in total. The molecule has 3 unspecified atom stereocenters. The molecule has 3 nitrogen and oxygen atoms in total. The molecule has 0 bridgehead atoms. The highest BCUT2D eigenvalue weighted by Gasteiger charge is 2.36. The van der Waals surface area contributed by atoms with Crippen molar-refractivity contribution in [3.63, 3.8) is 0 Å². The van der Waals surface area contributed by atoms with Gasteiger partial charge in [-0.05, 0) is 43.2 Å². The first-order chi connectivity index (χ1) is 8.24. The van der Waals surface area contributed by atoms with Crippen molar-refractivity contribution in [1.82, 2.24) is 5.32 Å². The van der Waals surface area contributed by atoms with Crippen LogP contribution in [0.2, 0.25) is 0 Å². The molecule has 0 radical (unpaired) electrons. The average Bonchev–Trinajstić information content (AvgIpc) is 3.21. The van der Waals surface area contributed by atoms with Crippen LogP contribution >= 0.6 is 0 Å². The van der Waals surface area contributed by atoms with Gasteiger partial charge in [0.15, 0.2) is 0 Å². The van der Waals surface area contributed by atoms with E-state index in [0.717, 1.165) is 24.0 Å². The van der Waals surface area contributed by atoms with Gasteiger partial charge in [0.05, 0.1) is 12.6 Å². The summed E-state index contributed by atoms with van der Waals surface area (Å²) < 4.78 is 5.79. The molecule has 3 atom stereocenters. The van der Waals surface area contributed by atoms with Crippen LogP contribution in [0.1, 0.15) is 43.6 Å². The first-order valence-corrected chi connectivity index (χ1v) is 6.71. The van der Waals surface area contributed by atoms with E-state index in [-0.39, 0.29) is 6.10 Å². The van der Waals surface area contributed by atoms with Crippen molar-refractivity contribution in [3.8, 4) is 0 Å². The van der Waals surface area contributed by atoms with Crippen molar-refractivity contribution in [3.05, 3.63) is 23.7 Å². The maximum atomic E-state index is 9.71. The fourth-order valence-electron chi connectivity index (χ4n) is 2.40. The predicted octanol–water partition coefficient (Wildman–Crippen LogP) is 2.26. The van der Waals surface area contributed by atoms with Crippen LogP contribution in [0.3, 0.4) is 0 Å². The molecule has 2 fully saturated rings. The van der Waals surface area contributed by atoms with Gasteiger partial charge in [0, 0.05) is 12.5 Å². The molecule has 3 rings (SSSR count). The van der Waals surface area contributed by atoms with E-state index in [1.165, 1.54) is 19.3 Å². The number of nitrogens with one attached hydrogen (secondary N) is 1. The summed E-state index contributed by atoms with van der Waals surface area (Å²) in [7, 11) is 0. The van der Waals surface area contributed by atoms with Crippen molar-refractivity contribution in [2.24, 2.45) is 11.8 Å². The average molecular weight is 235 g/mol. The number of aliphatic hydroxyl groups excluding tert-OH is 1. The lowest BCUT2D eigenvalue weighted by atomic mass is 10.2. The van der Waals surface area contributed by atoms with Gasteiger partial charge in [-0.3, -0.25) is 0 Å². The Morgan fingerprint density at radius 1 is 1.47 bits per heavy atom. The predicted molar refractivity (Wildman–Crippen MR) is 65.7 cm³/mol. The van der Waals surface area contributed by atoms with Gasteiger partial charge < -0.3 is 14.8 Å². The van der Waals surface area contributed by atoms with Crippen LogP contribution in [-0.2, 0) is 6.54 Å². The van der Waals surface area contributed by atoms with Gasteiger partial charge in [0.25, 0.3) is 0 Å². The topological polar surface area (TPSA) is 45.4 Å². The summed E-state index contributed by atoms with van der Waals surface area (Å²) in [6.45, 7) is 3.67. The van der Waals surface area contributed by atoms with Gasteiger partial charge in [0.2, 0.25) is 0 Å². The van der Waals surface area contributed by atoms with E-state index in [1.807, 2.05) is 0 Å². The molecule has 0 amide bonds. The number of aliphatic hydroxyl groups is 1. The van der Waals surface area contributed by atoms with E-state index in [1.54, 1.807) is 0 Å². The molecule has 2 aliphatic rings. The van der Waals surface area contributed by atoms with Gasteiger partial charge >= 0.3 is 0 Å². The van der Waals surface area contributed by atoms with Crippen LogP contribution in [-0.4, -0.2) is 17.8 Å². The van der Waals surface area contributed by atoms with E-state index < -0.39 is 0 Å². The van der Waals surface area contributed by atoms with Crippen LogP contribution in [0.25, 0.3) is 0 Å². The van der Waals surface area contributed by atoms with Gasteiger partial charge in [0.1, 0.15) is 11.5 Å². The van der Waals surface area contributed by atoms with Crippen molar-refractivity contribution in [1.29, 1.82) is 0 Å². The van der Waals surface area contributed by atoms with E-state index in [9.17, 15) is 5.11 Å². The number of rotatable bonds is 6. The standard InChI is InChI=1S/C14H21NO2/c1-9-6-12(9)14-5-4-11(17-14)7-15-8-13(16)10-2-3-10/h4-5,9-10,12-13,15-16H,2-3,6-8H2,1H3. The zero-order chi connectivity index (χ0) is 11.8. The largest absolute Gasteiger partial charge is 0.464 e. The first-order valence-electron chi connectivity index (χ1n) is 6.71. The first kappa shape index (κ1) is 11.3. The molecule has 3 heteroatoms. The molecule has 0 spiro atoms. The summed E-state index contributed by atoms with van der Waals surface area (Å²) >= 11 is 0. The number of furan rings is 1. The van der Waals surface area contributed by atoms with Crippen LogP contribution in [0.15, 0.2) is 16.5 Å². The Bertz CT molecular complexity index is 383. The van der Waals surface area contributed by atoms with E-state index in [2.05, 4.69) is 24.4 Å². The molecule has 2 saturated carbocycles. The third-order valence-corrected chi connectivity index (χ3v) is 3.98. The second-order valence-corrected chi connectivity index (χ2v) is 5.66. The molecule has 0 aliphatic heterocycles. The second kappa shape index (κ2) is 4.46. The van der Waals surface area contributed by atoms with Crippen LogP contribution < -0.4 is 5.32 Å². The fourth-order valence-corrected chi connectivity index (χ4v) is 2.40. The van der Waals surface area contributed by atoms with E-state index in [4.69, 9.17) is 4.42 Å². The highest BCUT2D eigenvalue weighted by atomic mass is 16.3. The minimum atomic E-state index is -0.173. The van der Waals surface area contributed by atoms with Gasteiger partial charge in [-0.2, -0.15) is 0 Å². The molecular weight excluding hydrogens is 214 g/mol. The summed E-state index contributed by atoms with van der Waals surface area (Å²) in [6, 6.07) is 4.15. The highest BCUT2D eigenvalue weighted by Crippen LogP contribution is 2.47. The van der Waals surface area contributed by atoms with Gasteiger partial charge in [-0.25, -0.2) is 0 Å². The molecule has 2 aliphatic carbocycles. The van der Waals surface area contributed by atoms with Gasteiger partial charge in [-0.1, -0.05) is 6.92 Å². The zero-order valence-electron chi connectivity index (χ0n) is 10.4. The molecule has 0 aromatic carbocycles. The number of hydrogen-bond donors (Lipinski definition) is 2. The Morgan fingerprint density at radius 3 is 2.88 bits per heavy atom. The molecule has 0 saturated heterocycles. The number of hydrogen-bond acceptors (Lipinski definition) is 3. The smallest absolute Gasteiger partial charge is 0.117 e. The lowest BCUT2D eigenvalue weighted by molar-refractivity contribution is 0.147. The molecule has 94 valence electrons. The Kier molecular flexibility index (Phi) is 2.97. The Hall–Kier alpha value is -0.800. The monoisotopic (exact) mass is 235 g/mol. The Labute approximate surface area is 102 Å². The SMILES string of the molecule is CC1CC1c1ccc(CNCC(O)C2CC2)o1. The van der Waals surface area contributed by atoms with Gasteiger partial charge in [-0.15, -0.1) is 0 Å². The third kappa shape index (κ3) is 2.72. The van der Waals surface area contributed by atoms with Crippen molar-refractivity contribution in [2.45, 2.75) is 44.8 Å². The molecule has 1 heterocycles. The van der Waals surface area contributed by atoms with Crippen LogP contribution in [0.5, 0.6) is 0 Å². The summed E-state index contributed by atoms with van der Waals surface area (Å²) in [5.41, 5.74) is 0. The minimum absolute atomic E-state index is 0.173. The normalized spacial score (nSPS) is 29.3. The maximum Gasteiger partial charge on any atom is 0.117 e. The summed E-state index contributed by atoms with van der Waals surface area (Å²) in [5, 5.41) is 13.0. The van der Waals surface area contributed by atoms with E-state index >= 15 is 0 Å². The van der Waals surface area contributed by atoms with E-state index in [0.29, 0.717) is 18.4 Å². The molecular formula is C14H21NO2. The van der Waals surface area contributed by atoms with Crippen LogP contribution in [0, 0.1) is 11.8 Å². The summed E-state index contributed by atoms with van der Waals surface area (Å²) in [5.74, 6) is 4.11. The highest BCUT2D eigenvalue weighted by molar-refractivity contribution is 5.17. The summed E-state index contributed by atoms with van der Waals surface area (Å²) in [4.78, 5) is 0. The molecule has 17 heavy (non-hydrogen) atoms. The van der Waals surface area contributed by atoms with Crippen molar-refractivity contribution < 1.29 is 9.52 Å². The Morgan fingerprint density at radius 2 is 2.24 bits per heavy atom. The van der Waals surface area contributed by atoms with Crippen molar-refractivity contribution in [2.75, 3.05) is 6.54 Å². The minimum Gasteiger partial charge on any atom is -0.464 e. The lowest BCUT2D eigenvalue weighted by Crippen LogP contribution is -2.27. The zero-order valence-corrected chi connectivity index (χ0v) is 10.4. The maximum absolute atomic E-state index is 9.71. The Balaban J connectivity index is 1.43. The second-order valence-electron chi connectivity index (χ2n) is 5.66. The quantitative estimate of drug-likeness (QED) is 0.795. The third-order valence-electron chi connectivity index (χ3n) is 3.98.